The van der Waals surface area contributed by atoms with Gasteiger partial charge in [0.1, 0.15) is 0 Å². The maximum absolute atomic E-state index is 5.68. The smallest absolute Gasteiger partial charge is 0.0458 e. The Morgan fingerprint density at radius 3 is 2.45 bits per heavy atom. The van der Waals surface area contributed by atoms with Gasteiger partial charge in [-0.05, 0) is 12.1 Å². The van der Waals surface area contributed by atoms with Crippen LogP contribution in [0.3, 0.4) is 0 Å². The van der Waals surface area contributed by atoms with Gasteiger partial charge in [0.15, 0.2) is 0 Å². The third-order valence-electron chi connectivity index (χ3n) is 1.48. The summed E-state index contributed by atoms with van der Waals surface area (Å²) in [6.45, 7) is 0. The Balaban J connectivity index is 2.74. The minimum atomic E-state index is 0.180. The van der Waals surface area contributed by atoms with Crippen LogP contribution in [0, 0.1) is 0 Å². The Morgan fingerprint density at radius 2 is 2.00 bits per heavy atom. The zero-order valence-corrected chi connectivity index (χ0v) is 7.52. The normalized spacial score (nSPS) is 10.5. The fourth-order valence-corrected chi connectivity index (χ4v) is 1.46. The van der Waals surface area contributed by atoms with E-state index in [2.05, 4.69) is 4.98 Å². The van der Waals surface area contributed by atoms with Crippen molar-refractivity contribution in [2.75, 3.05) is 11.8 Å². The van der Waals surface area contributed by atoms with Crippen molar-refractivity contribution in [2.24, 2.45) is 0 Å². The molecule has 1 heterocycles. The Hall–Kier alpha value is -0.270. The van der Waals surface area contributed by atoms with Crippen LogP contribution in [0.2, 0.25) is 0 Å². The third kappa shape index (κ3) is 2.35. The second-order valence-corrected chi connectivity index (χ2v) is 2.88. The van der Waals surface area contributed by atoms with Crippen LogP contribution in [0.25, 0.3) is 0 Å². The first-order valence-corrected chi connectivity index (χ1v) is 4.48. The fourth-order valence-electron chi connectivity index (χ4n) is 0.817. The minimum Gasteiger partial charge on any atom is -0.261 e. The lowest BCUT2D eigenvalue weighted by molar-refractivity contribution is 0.838. The molecule has 11 heavy (non-hydrogen) atoms. The van der Waals surface area contributed by atoms with Crippen molar-refractivity contribution in [1.29, 1.82) is 0 Å². The van der Waals surface area contributed by atoms with Gasteiger partial charge in [0.2, 0.25) is 0 Å². The zero-order valence-electron chi connectivity index (χ0n) is 6.00. The highest BCUT2D eigenvalue weighted by atomic mass is 35.5. The molecule has 0 spiro atoms. The minimum absolute atomic E-state index is 0.180. The maximum atomic E-state index is 5.68. The van der Waals surface area contributed by atoms with E-state index in [1.807, 2.05) is 18.2 Å². The lowest BCUT2D eigenvalue weighted by Crippen LogP contribution is -2.03. The predicted octanol–water partition coefficient (Wildman–Crippen LogP) is 2.64. The molecular formula is C8H9Cl2N. The van der Waals surface area contributed by atoms with Gasteiger partial charge in [0.25, 0.3) is 0 Å². The molecule has 1 nitrogen and oxygen atoms in total. The Labute approximate surface area is 76.4 Å². The van der Waals surface area contributed by atoms with Crippen LogP contribution in [0.5, 0.6) is 0 Å². The molecule has 0 aliphatic rings. The van der Waals surface area contributed by atoms with Gasteiger partial charge in [-0.3, -0.25) is 4.98 Å². The molecule has 0 saturated heterocycles. The van der Waals surface area contributed by atoms with Gasteiger partial charge in [0, 0.05) is 29.6 Å². The van der Waals surface area contributed by atoms with Gasteiger partial charge in [-0.1, -0.05) is 6.07 Å². The van der Waals surface area contributed by atoms with Gasteiger partial charge < -0.3 is 0 Å². The molecule has 0 N–H and O–H groups in total. The number of halogens is 2. The van der Waals surface area contributed by atoms with Crippen LogP contribution >= 0.6 is 23.2 Å². The Kier molecular flexibility index (Phi) is 3.67. The Bertz CT molecular complexity index is 197. The summed E-state index contributed by atoms with van der Waals surface area (Å²) in [5, 5.41) is 0. The van der Waals surface area contributed by atoms with E-state index in [-0.39, 0.29) is 5.92 Å². The molecule has 3 heteroatoms. The van der Waals surface area contributed by atoms with Crippen LogP contribution in [-0.2, 0) is 0 Å². The van der Waals surface area contributed by atoms with E-state index in [9.17, 15) is 0 Å². The number of hydrogen-bond acceptors (Lipinski definition) is 1. The molecule has 0 amide bonds. The summed E-state index contributed by atoms with van der Waals surface area (Å²) in [6, 6.07) is 5.76. The molecule has 0 saturated carbocycles. The molecule has 1 rings (SSSR count). The molecule has 0 unspecified atom stereocenters. The summed E-state index contributed by atoms with van der Waals surface area (Å²) in [7, 11) is 0. The SMILES string of the molecule is ClCC(CCl)c1ccccn1. The average Bonchev–Trinajstić information content (AvgIpc) is 2.09. The van der Waals surface area contributed by atoms with Crippen LogP contribution in [0.1, 0.15) is 11.6 Å². The number of hydrogen-bond donors (Lipinski definition) is 0. The lowest BCUT2D eigenvalue weighted by Gasteiger charge is -2.07. The molecule has 0 fully saturated rings. The standard InChI is InChI=1S/C8H9Cl2N/c9-5-7(6-10)8-3-1-2-4-11-8/h1-4,7H,5-6H2. The largest absolute Gasteiger partial charge is 0.261 e. The molecular weight excluding hydrogens is 181 g/mol. The molecule has 1 aromatic rings. The van der Waals surface area contributed by atoms with Gasteiger partial charge in [-0.15, -0.1) is 23.2 Å². The van der Waals surface area contributed by atoms with Crippen LogP contribution in [-0.4, -0.2) is 16.7 Å². The molecule has 1 aromatic heterocycles. The van der Waals surface area contributed by atoms with E-state index < -0.39 is 0 Å². The lowest BCUT2D eigenvalue weighted by atomic mass is 10.1. The maximum Gasteiger partial charge on any atom is 0.0458 e. The van der Waals surface area contributed by atoms with Gasteiger partial charge in [-0.25, -0.2) is 0 Å². The second kappa shape index (κ2) is 4.58. The van der Waals surface area contributed by atoms with E-state index in [1.54, 1.807) is 6.20 Å². The molecule has 0 radical (unpaired) electrons. The van der Waals surface area contributed by atoms with Crippen molar-refractivity contribution in [3.05, 3.63) is 30.1 Å². The number of rotatable bonds is 3. The monoisotopic (exact) mass is 189 g/mol. The van der Waals surface area contributed by atoms with E-state index in [0.29, 0.717) is 11.8 Å². The average molecular weight is 190 g/mol. The zero-order chi connectivity index (χ0) is 8.10. The quantitative estimate of drug-likeness (QED) is 0.667. The highest BCUT2D eigenvalue weighted by Crippen LogP contribution is 2.15. The topological polar surface area (TPSA) is 12.9 Å². The summed E-state index contributed by atoms with van der Waals surface area (Å²) in [5.74, 6) is 1.24. The van der Waals surface area contributed by atoms with Gasteiger partial charge >= 0.3 is 0 Å². The molecule has 0 atom stereocenters. The second-order valence-electron chi connectivity index (χ2n) is 2.26. The van der Waals surface area contributed by atoms with E-state index in [0.717, 1.165) is 5.69 Å². The van der Waals surface area contributed by atoms with Crippen LogP contribution in [0.15, 0.2) is 24.4 Å². The Morgan fingerprint density at radius 1 is 1.27 bits per heavy atom. The van der Waals surface area contributed by atoms with Gasteiger partial charge in [-0.2, -0.15) is 0 Å². The first kappa shape index (κ1) is 8.82. The highest BCUT2D eigenvalue weighted by Gasteiger charge is 2.08. The van der Waals surface area contributed by atoms with Crippen molar-refractivity contribution in [3.8, 4) is 0 Å². The van der Waals surface area contributed by atoms with Crippen molar-refractivity contribution < 1.29 is 0 Å². The fraction of sp³-hybridized carbons (Fsp3) is 0.375. The third-order valence-corrected chi connectivity index (χ3v) is 2.22. The van der Waals surface area contributed by atoms with E-state index >= 15 is 0 Å². The van der Waals surface area contributed by atoms with Crippen LogP contribution in [0.4, 0.5) is 0 Å². The number of pyridine rings is 1. The van der Waals surface area contributed by atoms with Crippen LogP contribution < -0.4 is 0 Å². The molecule has 0 aromatic carbocycles. The van der Waals surface area contributed by atoms with Crippen molar-refractivity contribution in [3.63, 3.8) is 0 Å². The van der Waals surface area contributed by atoms with E-state index in [1.165, 1.54) is 0 Å². The first-order valence-electron chi connectivity index (χ1n) is 3.41. The molecule has 60 valence electrons. The number of aromatic nitrogens is 1. The number of alkyl halides is 2. The molecule has 0 aliphatic carbocycles. The molecule has 0 bridgehead atoms. The first-order chi connectivity index (χ1) is 5.38. The van der Waals surface area contributed by atoms with Crippen molar-refractivity contribution in [2.45, 2.75) is 5.92 Å². The summed E-state index contributed by atoms with van der Waals surface area (Å²) in [4.78, 5) is 4.15. The van der Waals surface area contributed by atoms with Gasteiger partial charge in [0.05, 0.1) is 0 Å². The predicted molar refractivity (Wildman–Crippen MR) is 48.4 cm³/mol. The van der Waals surface area contributed by atoms with E-state index in [4.69, 9.17) is 23.2 Å². The summed E-state index contributed by atoms with van der Waals surface area (Å²) >= 11 is 11.4. The summed E-state index contributed by atoms with van der Waals surface area (Å²) in [6.07, 6.45) is 1.75. The highest BCUT2D eigenvalue weighted by molar-refractivity contribution is 6.21. The summed E-state index contributed by atoms with van der Waals surface area (Å²) < 4.78 is 0. The molecule has 0 aliphatic heterocycles. The van der Waals surface area contributed by atoms with Crippen molar-refractivity contribution >= 4 is 23.2 Å². The van der Waals surface area contributed by atoms with Crippen molar-refractivity contribution in [1.82, 2.24) is 4.98 Å². The number of nitrogens with zero attached hydrogens (tertiary/aromatic N) is 1. The summed E-state index contributed by atoms with van der Waals surface area (Å²) in [5.41, 5.74) is 0.970.